The number of benzene rings is 2. The Kier molecular flexibility index (Phi) is 3.78. The van der Waals surface area contributed by atoms with Gasteiger partial charge in [-0.15, -0.1) is 0 Å². The standard InChI is InChI=1S/C19H21NO/c1-13-12-18(13)19(21)20-14(2)15-8-10-17(11-9-15)16-6-4-3-5-7-16/h3-11,13-14,18H,12H2,1-2H3,(H,20,21). The fourth-order valence-electron chi connectivity index (χ4n) is 2.69. The summed E-state index contributed by atoms with van der Waals surface area (Å²) in [5, 5.41) is 3.11. The average Bonchev–Trinajstić information content (AvgIpc) is 3.25. The maximum absolute atomic E-state index is 12.0. The van der Waals surface area contributed by atoms with E-state index < -0.39 is 0 Å². The molecule has 1 amide bonds. The fourth-order valence-corrected chi connectivity index (χ4v) is 2.69. The first kappa shape index (κ1) is 13.9. The minimum atomic E-state index is 0.0649. The predicted molar refractivity (Wildman–Crippen MR) is 85.7 cm³/mol. The molecule has 0 heterocycles. The summed E-state index contributed by atoms with van der Waals surface area (Å²) < 4.78 is 0. The van der Waals surface area contributed by atoms with E-state index in [0.717, 1.165) is 12.0 Å². The van der Waals surface area contributed by atoms with Crippen molar-refractivity contribution < 1.29 is 4.79 Å². The number of carbonyl (C=O) groups is 1. The summed E-state index contributed by atoms with van der Waals surface area (Å²) in [6.45, 7) is 4.17. The maximum Gasteiger partial charge on any atom is 0.223 e. The van der Waals surface area contributed by atoms with E-state index in [4.69, 9.17) is 0 Å². The zero-order chi connectivity index (χ0) is 14.8. The second-order valence-corrected chi connectivity index (χ2v) is 6.04. The maximum atomic E-state index is 12.0. The highest BCUT2D eigenvalue weighted by atomic mass is 16.2. The predicted octanol–water partition coefficient (Wildman–Crippen LogP) is 4.19. The number of rotatable bonds is 4. The third-order valence-corrected chi connectivity index (χ3v) is 4.32. The van der Waals surface area contributed by atoms with Gasteiger partial charge in [0.2, 0.25) is 5.91 Å². The van der Waals surface area contributed by atoms with E-state index in [2.05, 4.69) is 48.6 Å². The summed E-state index contributed by atoms with van der Waals surface area (Å²) in [5.41, 5.74) is 3.57. The van der Waals surface area contributed by atoms with Gasteiger partial charge in [0.15, 0.2) is 0 Å². The molecular formula is C19H21NO. The van der Waals surface area contributed by atoms with E-state index in [1.165, 1.54) is 11.1 Å². The van der Waals surface area contributed by atoms with Gasteiger partial charge in [-0.05, 0) is 36.0 Å². The molecule has 0 saturated heterocycles. The van der Waals surface area contributed by atoms with E-state index in [9.17, 15) is 4.79 Å². The summed E-state index contributed by atoms with van der Waals surface area (Å²) in [4.78, 5) is 12.0. The van der Waals surface area contributed by atoms with Crippen LogP contribution in [0.2, 0.25) is 0 Å². The van der Waals surface area contributed by atoms with Crippen LogP contribution in [0.3, 0.4) is 0 Å². The Morgan fingerprint density at radius 3 is 2.19 bits per heavy atom. The van der Waals surface area contributed by atoms with Crippen LogP contribution in [-0.4, -0.2) is 5.91 Å². The summed E-state index contributed by atoms with van der Waals surface area (Å²) in [6, 6.07) is 18.8. The molecule has 3 atom stereocenters. The second-order valence-electron chi connectivity index (χ2n) is 6.04. The van der Waals surface area contributed by atoms with Crippen molar-refractivity contribution in [1.29, 1.82) is 0 Å². The van der Waals surface area contributed by atoms with Crippen molar-refractivity contribution in [2.24, 2.45) is 11.8 Å². The molecule has 1 aliphatic rings. The molecule has 3 unspecified atom stereocenters. The van der Waals surface area contributed by atoms with Gasteiger partial charge < -0.3 is 5.32 Å². The Morgan fingerprint density at radius 1 is 1.05 bits per heavy atom. The van der Waals surface area contributed by atoms with Gasteiger partial charge in [0.05, 0.1) is 6.04 Å². The molecule has 0 radical (unpaired) electrons. The molecule has 0 aromatic heterocycles. The Labute approximate surface area is 126 Å². The van der Waals surface area contributed by atoms with Crippen LogP contribution in [0.1, 0.15) is 31.9 Å². The molecule has 108 valence electrons. The summed E-state index contributed by atoms with van der Waals surface area (Å²) in [7, 11) is 0. The number of hydrogen-bond acceptors (Lipinski definition) is 1. The van der Waals surface area contributed by atoms with Gasteiger partial charge >= 0.3 is 0 Å². The van der Waals surface area contributed by atoms with Crippen LogP contribution in [0.5, 0.6) is 0 Å². The number of amides is 1. The molecule has 2 nitrogen and oxygen atoms in total. The molecule has 2 aromatic rings. The highest BCUT2D eigenvalue weighted by molar-refractivity contribution is 5.81. The SMILES string of the molecule is CC(NC(=O)C1CC1C)c1ccc(-c2ccccc2)cc1. The zero-order valence-electron chi connectivity index (χ0n) is 12.5. The number of nitrogens with one attached hydrogen (secondary N) is 1. The Morgan fingerprint density at radius 2 is 1.62 bits per heavy atom. The molecule has 0 bridgehead atoms. The van der Waals surface area contributed by atoms with Gasteiger partial charge in [-0.3, -0.25) is 4.79 Å². The number of hydrogen-bond donors (Lipinski definition) is 1. The molecule has 1 aliphatic carbocycles. The van der Waals surface area contributed by atoms with E-state index in [0.29, 0.717) is 5.92 Å². The first-order chi connectivity index (χ1) is 10.1. The molecule has 0 spiro atoms. The fraction of sp³-hybridized carbons (Fsp3) is 0.316. The van der Waals surface area contributed by atoms with Crippen LogP contribution in [0, 0.1) is 11.8 Å². The summed E-state index contributed by atoms with van der Waals surface area (Å²) >= 11 is 0. The minimum Gasteiger partial charge on any atom is -0.349 e. The van der Waals surface area contributed by atoms with Crippen molar-refractivity contribution >= 4 is 5.91 Å². The second kappa shape index (κ2) is 5.72. The van der Waals surface area contributed by atoms with Crippen LogP contribution in [0.4, 0.5) is 0 Å². The van der Waals surface area contributed by atoms with Crippen LogP contribution < -0.4 is 5.32 Å². The zero-order valence-corrected chi connectivity index (χ0v) is 12.5. The lowest BCUT2D eigenvalue weighted by atomic mass is 10.0. The molecular weight excluding hydrogens is 258 g/mol. The van der Waals surface area contributed by atoms with Crippen molar-refractivity contribution in [3.63, 3.8) is 0 Å². The molecule has 1 fully saturated rings. The Balaban J connectivity index is 1.67. The summed E-state index contributed by atoms with van der Waals surface area (Å²) in [6.07, 6.45) is 1.03. The van der Waals surface area contributed by atoms with E-state index in [1.54, 1.807) is 0 Å². The molecule has 3 rings (SSSR count). The van der Waals surface area contributed by atoms with E-state index in [1.807, 2.05) is 25.1 Å². The van der Waals surface area contributed by atoms with Crippen LogP contribution in [-0.2, 0) is 4.79 Å². The van der Waals surface area contributed by atoms with Crippen molar-refractivity contribution in [2.45, 2.75) is 26.3 Å². The van der Waals surface area contributed by atoms with Crippen molar-refractivity contribution in [1.82, 2.24) is 5.32 Å². The first-order valence-corrected chi connectivity index (χ1v) is 7.61. The largest absolute Gasteiger partial charge is 0.349 e. The van der Waals surface area contributed by atoms with E-state index in [-0.39, 0.29) is 17.9 Å². The van der Waals surface area contributed by atoms with Crippen LogP contribution in [0.25, 0.3) is 11.1 Å². The van der Waals surface area contributed by atoms with Gasteiger partial charge in [0.1, 0.15) is 0 Å². The molecule has 21 heavy (non-hydrogen) atoms. The monoisotopic (exact) mass is 279 g/mol. The molecule has 1 saturated carbocycles. The van der Waals surface area contributed by atoms with Gasteiger partial charge in [-0.25, -0.2) is 0 Å². The molecule has 2 heteroatoms. The third-order valence-electron chi connectivity index (χ3n) is 4.32. The molecule has 2 aromatic carbocycles. The Bertz CT molecular complexity index is 618. The average molecular weight is 279 g/mol. The van der Waals surface area contributed by atoms with Crippen LogP contribution in [0.15, 0.2) is 54.6 Å². The lowest BCUT2D eigenvalue weighted by Crippen LogP contribution is -2.28. The van der Waals surface area contributed by atoms with Gasteiger partial charge in [-0.2, -0.15) is 0 Å². The highest BCUT2D eigenvalue weighted by Crippen LogP contribution is 2.38. The first-order valence-electron chi connectivity index (χ1n) is 7.61. The quantitative estimate of drug-likeness (QED) is 0.893. The van der Waals surface area contributed by atoms with Gasteiger partial charge in [-0.1, -0.05) is 61.5 Å². The highest BCUT2D eigenvalue weighted by Gasteiger charge is 2.39. The topological polar surface area (TPSA) is 29.1 Å². The van der Waals surface area contributed by atoms with Crippen molar-refractivity contribution in [3.05, 3.63) is 60.2 Å². The van der Waals surface area contributed by atoms with Crippen molar-refractivity contribution in [3.8, 4) is 11.1 Å². The third kappa shape index (κ3) is 3.15. The van der Waals surface area contributed by atoms with Crippen molar-refractivity contribution in [2.75, 3.05) is 0 Å². The molecule has 1 N–H and O–H groups in total. The Hall–Kier alpha value is -2.09. The van der Waals surface area contributed by atoms with Crippen LogP contribution >= 0.6 is 0 Å². The van der Waals surface area contributed by atoms with Gasteiger partial charge in [0.25, 0.3) is 0 Å². The summed E-state index contributed by atoms with van der Waals surface area (Å²) in [5.74, 6) is 0.982. The van der Waals surface area contributed by atoms with Gasteiger partial charge in [0, 0.05) is 5.92 Å². The molecule has 0 aliphatic heterocycles. The smallest absolute Gasteiger partial charge is 0.223 e. The lowest BCUT2D eigenvalue weighted by Gasteiger charge is -2.15. The minimum absolute atomic E-state index is 0.0649. The lowest BCUT2D eigenvalue weighted by molar-refractivity contribution is -0.123. The number of carbonyl (C=O) groups excluding carboxylic acids is 1. The normalized spacial score (nSPS) is 21.6. The van der Waals surface area contributed by atoms with E-state index >= 15 is 0 Å².